The molecule has 0 bridgehead atoms. The molecule has 7 heteroatoms. The van der Waals surface area contributed by atoms with Crippen LogP contribution in [0, 0.1) is 5.82 Å². The predicted octanol–water partition coefficient (Wildman–Crippen LogP) is 4.15. The molecule has 1 aliphatic rings. The second kappa shape index (κ2) is 9.12. The van der Waals surface area contributed by atoms with Crippen molar-refractivity contribution in [3.63, 3.8) is 0 Å². The number of carbonyl (C=O) groups excluding carboxylic acids is 1. The van der Waals surface area contributed by atoms with Crippen molar-refractivity contribution in [2.45, 2.75) is 13.2 Å². The number of halogens is 1. The van der Waals surface area contributed by atoms with Gasteiger partial charge in [-0.25, -0.2) is 4.39 Å². The van der Waals surface area contributed by atoms with Crippen molar-refractivity contribution in [3.8, 4) is 5.75 Å². The van der Waals surface area contributed by atoms with Crippen molar-refractivity contribution in [2.24, 2.45) is 0 Å². The van der Waals surface area contributed by atoms with Crippen molar-refractivity contribution in [3.05, 3.63) is 64.3 Å². The average molecular weight is 429 g/mol. The molecule has 0 atom stereocenters. The van der Waals surface area contributed by atoms with E-state index in [1.807, 2.05) is 23.1 Å². The molecule has 158 valence electrons. The number of piperazine rings is 1. The Balaban J connectivity index is 1.45. The van der Waals surface area contributed by atoms with E-state index in [0.717, 1.165) is 30.1 Å². The molecule has 3 aromatic rings. The van der Waals surface area contributed by atoms with E-state index in [4.69, 9.17) is 9.47 Å². The molecule has 4 rings (SSSR count). The van der Waals surface area contributed by atoms with Crippen LogP contribution >= 0.6 is 11.3 Å². The van der Waals surface area contributed by atoms with Crippen LogP contribution in [0.25, 0.3) is 10.1 Å². The minimum atomic E-state index is -0.306. The third-order valence-electron chi connectivity index (χ3n) is 5.47. The highest BCUT2D eigenvalue weighted by atomic mass is 32.1. The molecule has 0 N–H and O–H groups in total. The Labute approximate surface area is 179 Å². The lowest BCUT2D eigenvalue weighted by Crippen LogP contribution is -2.48. The molecule has 1 aliphatic heterocycles. The molecule has 1 saturated heterocycles. The van der Waals surface area contributed by atoms with Crippen molar-refractivity contribution < 1.29 is 18.7 Å². The minimum absolute atomic E-state index is 0.0354. The summed E-state index contributed by atoms with van der Waals surface area (Å²) in [5.74, 6) is 0.506. The fraction of sp³-hybridized carbons (Fsp3) is 0.348. The highest BCUT2D eigenvalue weighted by Gasteiger charge is 2.27. The normalized spacial score (nSPS) is 15.0. The highest BCUT2D eigenvalue weighted by molar-refractivity contribution is 7.21. The van der Waals surface area contributed by atoms with Crippen molar-refractivity contribution >= 4 is 27.3 Å². The van der Waals surface area contributed by atoms with E-state index in [0.29, 0.717) is 28.9 Å². The van der Waals surface area contributed by atoms with E-state index in [1.54, 1.807) is 20.3 Å². The summed E-state index contributed by atoms with van der Waals surface area (Å²) in [4.78, 5) is 18.0. The SMILES string of the molecule is COCc1c(C(=O)N2CCN(Cc3ccc(OC)cc3)CC2)sc2cccc(F)c12. The average Bonchev–Trinajstić information content (AvgIpc) is 3.14. The topological polar surface area (TPSA) is 42.0 Å². The van der Waals surface area contributed by atoms with E-state index in [2.05, 4.69) is 17.0 Å². The maximum absolute atomic E-state index is 14.4. The maximum Gasteiger partial charge on any atom is 0.264 e. The molecule has 0 radical (unpaired) electrons. The first kappa shape index (κ1) is 20.8. The van der Waals surface area contributed by atoms with Gasteiger partial charge in [-0.05, 0) is 29.8 Å². The van der Waals surface area contributed by atoms with Gasteiger partial charge in [0.05, 0.1) is 18.6 Å². The predicted molar refractivity (Wildman–Crippen MR) is 117 cm³/mol. The number of ether oxygens (including phenoxy) is 2. The third kappa shape index (κ3) is 4.19. The molecule has 0 aliphatic carbocycles. The van der Waals surface area contributed by atoms with Crippen LogP contribution in [0.15, 0.2) is 42.5 Å². The van der Waals surface area contributed by atoms with Crippen LogP contribution in [-0.4, -0.2) is 56.1 Å². The number of methoxy groups -OCH3 is 2. The second-order valence-corrected chi connectivity index (χ2v) is 8.42. The zero-order chi connectivity index (χ0) is 21.1. The first-order valence-electron chi connectivity index (χ1n) is 9.94. The van der Waals surface area contributed by atoms with Gasteiger partial charge in [0.15, 0.2) is 0 Å². The van der Waals surface area contributed by atoms with Crippen LogP contribution in [0.5, 0.6) is 5.75 Å². The molecule has 2 heterocycles. The first-order valence-corrected chi connectivity index (χ1v) is 10.8. The number of amides is 1. The molecule has 0 saturated carbocycles. The number of carbonyl (C=O) groups is 1. The highest BCUT2D eigenvalue weighted by Crippen LogP contribution is 2.34. The van der Waals surface area contributed by atoms with E-state index in [9.17, 15) is 9.18 Å². The number of hydrogen-bond donors (Lipinski definition) is 0. The monoisotopic (exact) mass is 428 g/mol. The lowest BCUT2D eigenvalue weighted by Gasteiger charge is -2.34. The van der Waals surface area contributed by atoms with Gasteiger partial charge >= 0.3 is 0 Å². The Morgan fingerprint density at radius 1 is 1.07 bits per heavy atom. The van der Waals surface area contributed by atoms with Gasteiger partial charge in [-0.2, -0.15) is 0 Å². The largest absolute Gasteiger partial charge is 0.497 e. The lowest BCUT2D eigenvalue weighted by atomic mass is 10.1. The summed E-state index contributed by atoms with van der Waals surface area (Å²) in [5.41, 5.74) is 1.87. The van der Waals surface area contributed by atoms with Crippen molar-refractivity contribution in [1.82, 2.24) is 9.80 Å². The van der Waals surface area contributed by atoms with Crippen molar-refractivity contribution in [1.29, 1.82) is 0 Å². The maximum atomic E-state index is 14.4. The number of nitrogens with zero attached hydrogens (tertiary/aromatic N) is 2. The summed E-state index contributed by atoms with van der Waals surface area (Å²) in [6.45, 7) is 3.97. The van der Waals surface area contributed by atoms with Gasteiger partial charge in [0.2, 0.25) is 0 Å². The molecule has 0 spiro atoms. The Bertz CT molecular complexity index is 1030. The minimum Gasteiger partial charge on any atom is -0.497 e. The molecular weight excluding hydrogens is 403 g/mol. The van der Waals surface area contributed by atoms with Crippen LogP contribution in [0.2, 0.25) is 0 Å². The number of hydrogen-bond acceptors (Lipinski definition) is 5. The van der Waals surface area contributed by atoms with Gasteiger partial charge in [-0.1, -0.05) is 18.2 Å². The second-order valence-electron chi connectivity index (χ2n) is 7.37. The summed E-state index contributed by atoms with van der Waals surface area (Å²) < 4.78 is 25.7. The smallest absolute Gasteiger partial charge is 0.264 e. The van der Waals surface area contributed by atoms with Gasteiger partial charge in [0.1, 0.15) is 11.6 Å². The summed E-state index contributed by atoms with van der Waals surface area (Å²) in [7, 11) is 3.23. The van der Waals surface area contributed by atoms with E-state index in [-0.39, 0.29) is 18.3 Å². The molecule has 1 amide bonds. The fourth-order valence-electron chi connectivity index (χ4n) is 3.86. The standard InChI is InChI=1S/C23H25FN2O3S/c1-28-15-18-21-19(24)4-3-5-20(21)30-22(18)23(27)26-12-10-25(11-13-26)14-16-6-8-17(29-2)9-7-16/h3-9H,10-15H2,1-2H3. The van der Waals surface area contributed by atoms with Gasteiger partial charge in [0, 0.05) is 55.5 Å². The molecule has 1 aromatic heterocycles. The molecular formula is C23H25FN2O3S. The summed E-state index contributed by atoms with van der Waals surface area (Å²) in [5, 5.41) is 0.505. The first-order chi connectivity index (χ1) is 14.6. The van der Waals surface area contributed by atoms with E-state index in [1.165, 1.54) is 23.0 Å². The van der Waals surface area contributed by atoms with Crippen LogP contribution < -0.4 is 4.74 Å². The van der Waals surface area contributed by atoms with Crippen LogP contribution in [0.1, 0.15) is 20.8 Å². The van der Waals surface area contributed by atoms with Crippen LogP contribution in [0.3, 0.4) is 0 Å². The summed E-state index contributed by atoms with van der Waals surface area (Å²) >= 11 is 1.35. The molecule has 1 fully saturated rings. The van der Waals surface area contributed by atoms with Gasteiger partial charge in [0.25, 0.3) is 5.91 Å². The zero-order valence-corrected chi connectivity index (χ0v) is 18.0. The Hall–Kier alpha value is -2.48. The molecule has 30 heavy (non-hydrogen) atoms. The summed E-state index contributed by atoms with van der Waals surface area (Å²) in [6.07, 6.45) is 0. The molecule has 2 aromatic carbocycles. The number of benzene rings is 2. The molecule has 5 nitrogen and oxygen atoms in total. The Morgan fingerprint density at radius 3 is 2.47 bits per heavy atom. The van der Waals surface area contributed by atoms with Gasteiger partial charge in [-0.15, -0.1) is 11.3 Å². The van der Waals surface area contributed by atoms with Crippen molar-refractivity contribution in [2.75, 3.05) is 40.4 Å². The molecule has 0 unspecified atom stereocenters. The van der Waals surface area contributed by atoms with Gasteiger partial charge in [-0.3, -0.25) is 9.69 Å². The fourth-order valence-corrected chi connectivity index (χ4v) is 5.05. The lowest BCUT2D eigenvalue weighted by molar-refractivity contribution is 0.0629. The van der Waals surface area contributed by atoms with Gasteiger partial charge < -0.3 is 14.4 Å². The van der Waals surface area contributed by atoms with Crippen LogP contribution in [0.4, 0.5) is 4.39 Å². The number of rotatable bonds is 6. The van der Waals surface area contributed by atoms with E-state index < -0.39 is 0 Å². The quantitative estimate of drug-likeness (QED) is 0.592. The number of thiophene rings is 1. The Kier molecular flexibility index (Phi) is 6.32. The van der Waals surface area contributed by atoms with Crippen LogP contribution in [-0.2, 0) is 17.9 Å². The van der Waals surface area contributed by atoms with E-state index >= 15 is 0 Å². The third-order valence-corrected chi connectivity index (χ3v) is 6.66. The number of fused-ring (bicyclic) bond motifs is 1. The summed E-state index contributed by atoms with van der Waals surface area (Å²) in [6, 6.07) is 13.0. The Morgan fingerprint density at radius 2 is 1.80 bits per heavy atom. The zero-order valence-electron chi connectivity index (χ0n) is 17.2.